The Morgan fingerprint density at radius 3 is 2.47 bits per heavy atom. The maximum Gasteiger partial charge on any atom is 0.221 e. The summed E-state index contributed by atoms with van der Waals surface area (Å²) in [4.78, 5) is 11.1. The molecule has 0 spiro atoms. The van der Waals surface area contributed by atoms with E-state index in [2.05, 4.69) is 53.9 Å². The van der Waals surface area contributed by atoms with E-state index < -0.39 is 0 Å². The third-order valence-electron chi connectivity index (χ3n) is 2.38. The van der Waals surface area contributed by atoms with E-state index in [-0.39, 0.29) is 5.91 Å². The van der Waals surface area contributed by atoms with Gasteiger partial charge in [-0.3, -0.25) is 4.79 Å². The molecule has 3 heteroatoms. The maximum absolute atomic E-state index is 11.1. The third-order valence-corrected chi connectivity index (χ3v) is 3.39. The molecule has 0 aliphatic heterocycles. The molecule has 2 nitrogen and oxygen atoms in total. The summed E-state index contributed by atoms with van der Waals surface area (Å²) in [5.74, 6) is 0.00130. The maximum atomic E-state index is 11.1. The number of aryl methyl sites for hydroxylation is 1. The highest BCUT2D eigenvalue weighted by molar-refractivity contribution is 14.1. The highest BCUT2D eigenvalue weighted by atomic mass is 127. The van der Waals surface area contributed by atoms with Crippen LogP contribution in [0.2, 0.25) is 0 Å². The molecule has 1 aromatic carbocycles. The molecule has 0 unspecified atom stereocenters. The van der Waals surface area contributed by atoms with Crippen molar-refractivity contribution in [2.45, 2.75) is 33.6 Å². The highest BCUT2D eigenvalue weighted by Crippen LogP contribution is 2.27. The number of carbonyl (C=O) groups is 1. The van der Waals surface area contributed by atoms with Gasteiger partial charge in [0.25, 0.3) is 0 Å². The van der Waals surface area contributed by atoms with Crippen molar-refractivity contribution in [3.05, 3.63) is 26.8 Å². The van der Waals surface area contributed by atoms with Gasteiger partial charge in [0.2, 0.25) is 5.91 Å². The van der Waals surface area contributed by atoms with Crippen LogP contribution in [-0.2, 0) is 17.6 Å². The predicted octanol–water partition coefficient (Wildman–Crippen LogP) is 3.37. The lowest BCUT2D eigenvalue weighted by molar-refractivity contribution is -0.114. The third kappa shape index (κ3) is 2.93. The van der Waals surface area contributed by atoms with Crippen LogP contribution in [-0.4, -0.2) is 5.91 Å². The molecule has 1 aromatic rings. The molecule has 1 N–H and O–H groups in total. The zero-order valence-electron chi connectivity index (χ0n) is 9.36. The predicted molar refractivity (Wildman–Crippen MR) is 72.2 cm³/mol. The van der Waals surface area contributed by atoms with Crippen LogP contribution in [0.1, 0.15) is 31.9 Å². The summed E-state index contributed by atoms with van der Waals surface area (Å²) in [6, 6.07) is 4.20. The van der Waals surface area contributed by atoms with Gasteiger partial charge >= 0.3 is 0 Å². The van der Waals surface area contributed by atoms with Crippen LogP contribution in [0, 0.1) is 3.57 Å². The lowest BCUT2D eigenvalue weighted by Gasteiger charge is -2.14. The van der Waals surface area contributed by atoms with Crippen LogP contribution in [0.15, 0.2) is 12.1 Å². The Morgan fingerprint density at radius 1 is 1.33 bits per heavy atom. The smallest absolute Gasteiger partial charge is 0.221 e. The summed E-state index contributed by atoms with van der Waals surface area (Å²) < 4.78 is 1.22. The largest absolute Gasteiger partial charge is 0.326 e. The highest BCUT2D eigenvalue weighted by Gasteiger charge is 2.10. The zero-order chi connectivity index (χ0) is 11.4. The number of carbonyl (C=O) groups excluding carboxylic acids is 1. The molecule has 0 fully saturated rings. The SMILES string of the molecule is CCc1ccc(I)c(CC)c1NC(C)=O. The fourth-order valence-corrected chi connectivity index (χ4v) is 2.47. The summed E-state index contributed by atoms with van der Waals surface area (Å²) in [7, 11) is 0. The second-order valence-corrected chi connectivity index (χ2v) is 4.61. The fraction of sp³-hybridized carbons (Fsp3) is 0.417. The van der Waals surface area contributed by atoms with Crippen molar-refractivity contribution < 1.29 is 4.79 Å². The molecular formula is C12H16INO. The first-order valence-corrected chi connectivity index (χ1v) is 6.25. The molecule has 82 valence electrons. The van der Waals surface area contributed by atoms with E-state index in [1.807, 2.05) is 0 Å². The van der Waals surface area contributed by atoms with Gasteiger partial charge in [-0.15, -0.1) is 0 Å². The van der Waals surface area contributed by atoms with Crippen molar-refractivity contribution in [3.8, 4) is 0 Å². The minimum absolute atomic E-state index is 0.00130. The van der Waals surface area contributed by atoms with E-state index in [0.29, 0.717) is 0 Å². The van der Waals surface area contributed by atoms with E-state index in [9.17, 15) is 4.79 Å². The first kappa shape index (κ1) is 12.5. The van der Waals surface area contributed by atoms with E-state index in [1.165, 1.54) is 14.7 Å². The minimum atomic E-state index is 0.00130. The first-order chi connectivity index (χ1) is 7.10. The number of amides is 1. The quantitative estimate of drug-likeness (QED) is 0.851. The van der Waals surface area contributed by atoms with Crippen LogP contribution >= 0.6 is 22.6 Å². The van der Waals surface area contributed by atoms with Crippen molar-refractivity contribution in [2.24, 2.45) is 0 Å². The standard InChI is InChI=1S/C12H16INO/c1-4-9-6-7-11(13)10(5-2)12(9)14-8(3)15/h6-7H,4-5H2,1-3H3,(H,14,15). The number of halogens is 1. The van der Waals surface area contributed by atoms with Crippen molar-refractivity contribution >= 4 is 34.2 Å². The lowest BCUT2D eigenvalue weighted by Crippen LogP contribution is -2.11. The summed E-state index contributed by atoms with van der Waals surface area (Å²) in [5, 5.41) is 2.94. The molecule has 0 radical (unpaired) electrons. The van der Waals surface area contributed by atoms with Gasteiger partial charge in [0.15, 0.2) is 0 Å². The Kier molecular flexibility index (Phi) is 4.57. The number of benzene rings is 1. The van der Waals surface area contributed by atoms with Crippen molar-refractivity contribution in [1.82, 2.24) is 0 Å². The lowest BCUT2D eigenvalue weighted by atomic mass is 10.0. The fourth-order valence-electron chi connectivity index (χ4n) is 1.64. The van der Waals surface area contributed by atoms with Gasteiger partial charge in [-0.2, -0.15) is 0 Å². The summed E-state index contributed by atoms with van der Waals surface area (Å²) in [5.41, 5.74) is 3.46. The van der Waals surface area contributed by atoms with Crippen molar-refractivity contribution in [3.63, 3.8) is 0 Å². The van der Waals surface area contributed by atoms with Crippen LogP contribution < -0.4 is 5.32 Å². The number of nitrogens with one attached hydrogen (secondary N) is 1. The van der Waals surface area contributed by atoms with Crippen molar-refractivity contribution in [2.75, 3.05) is 5.32 Å². The van der Waals surface area contributed by atoms with Crippen LogP contribution in [0.3, 0.4) is 0 Å². The Morgan fingerprint density at radius 2 is 2.00 bits per heavy atom. The molecule has 0 aromatic heterocycles. The Balaban J connectivity index is 3.26. The molecule has 0 bridgehead atoms. The second-order valence-electron chi connectivity index (χ2n) is 3.45. The Labute approximate surface area is 105 Å². The van der Waals surface area contributed by atoms with Gasteiger partial charge < -0.3 is 5.32 Å². The summed E-state index contributed by atoms with van der Waals surface area (Å²) in [6.07, 6.45) is 1.89. The molecule has 0 saturated heterocycles. The molecule has 0 atom stereocenters. The van der Waals surface area contributed by atoms with Gasteiger partial charge in [0, 0.05) is 16.2 Å². The molecule has 15 heavy (non-hydrogen) atoms. The Hall–Kier alpha value is -0.580. The normalized spacial score (nSPS) is 10.1. The van der Waals surface area contributed by atoms with E-state index in [4.69, 9.17) is 0 Å². The second kappa shape index (κ2) is 5.49. The molecular weight excluding hydrogens is 301 g/mol. The van der Waals surface area contributed by atoms with E-state index >= 15 is 0 Å². The molecule has 1 amide bonds. The number of hydrogen-bond acceptors (Lipinski definition) is 1. The monoisotopic (exact) mass is 317 g/mol. The number of hydrogen-bond donors (Lipinski definition) is 1. The van der Waals surface area contributed by atoms with Crippen LogP contribution in [0.5, 0.6) is 0 Å². The van der Waals surface area contributed by atoms with Gasteiger partial charge in [-0.05, 0) is 52.6 Å². The molecule has 0 saturated carbocycles. The van der Waals surface area contributed by atoms with E-state index in [0.717, 1.165) is 18.5 Å². The van der Waals surface area contributed by atoms with Crippen LogP contribution in [0.25, 0.3) is 0 Å². The van der Waals surface area contributed by atoms with Gasteiger partial charge in [0.1, 0.15) is 0 Å². The van der Waals surface area contributed by atoms with Gasteiger partial charge in [0.05, 0.1) is 0 Å². The molecule has 0 heterocycles. The number of anilines is 1. The van der Waals surface area contributed by atoms with Crippen molar-refractivity contribution in [1.29, 1.82) is 0 Å². The average molecular weight is 317 g/mol. The topological polar surface area (TPSA) is 29.1 Å². The first-order valence-electron chi connectivity index (χ1n) is 5.18. The average Bonchev–Trinajstić information content (AvgIpc) is 2.18. The zero-order valence-corrected chi connectivity index (χ0v) is 11.5. The summed E-state index contributed by atoms with van der Waals surface area (Å²) >= 11 is 2.31. The molecule has 1 rings (SSSR count). The molecule has 0 aliphatic rings. The summed E-state index contributed by atoms with van der Waals surface area (Å²) in [6.45, 7) is 5.77. The minimum Gasteiger partial charge on any atom is -0.326 e. The van der Waals surface area contributed by atoms with Gasteiger partial charge in [-0.1, -0.05) is 19.9 Å². The Bertz CT molecular complexity index is 374. The van der Waals surface area contributed by atoms with Gasteiger partial charge in [-0.25, -0.2) is 0 Å². The van der Waals surface area contributed by atoms with Crippen LogP contribution in [0.4, 0.5) is 5.69 Å². The van der Waals surface area contributed by atoms with E-state index in [1.54, 1.807) is 6.92 Å². The number of rotatable bonds is 3. The molecule has 0 aliphatic carbocycles.